The van der Waals surface area contributed by atoms with Gasteiger partial charge in [-0.25, -0.2) is 9.78 Å². The zero-order chi connectivity index (χ0) is 24.7. The van der Waals surface area contributed by atoms with E-state index in [9.17, 15) is 9.90 Å². The fourth-order valence-corrected chi connectivity index (χ4v) is 4.53. The predicted molar refractivity (Wildman–Crippen MR) is 137 cm³/mol. The zero-order valence-electron chi connectivity index (χ0n) is 20.0. The first kappa shape index (κ1) is 25.5. The standard InChI is InChI=1S/C26H32N4O3S/c1-5-18(6-2)21(27)15-33-23-14-22(24-16(3)9-7-10-17(24)4)28-26(29-23)30-34-20-12-8-11-19(13-20)25(31)32/h7-14,18,21H,5-6,15,27H2,1-4H3,(H,31,32)(H,28,29,30). The van der Waals surface area contributed by atoms with Gasteiger partial charge in [0.25, 0.3) is 0 Å². The molecule has 1 heterocycles. The second-order valence-electron chi connectivity index (χ2n) is 8.27. The molecule has 1 atom stereocenters. The number of ether oxygens (including phenoxy) is 1. The van der Waals surface area contributed by atoms with Gasteiger partial charge >= 0.3 is 5.97 Å². The summed E-state index contributed by atoms with van der Waals surface area (Å²) < 4.78 is 9.17. The van der Waals surface area contributed by atoms with Crippen LogP contribution in [-0.4, -0.2) is 33.7 Å². The largest absolute Gasteiger partial charge is 0.478 e. The molecule has 0 aliphatic heterocycles. The van der Waals surface area contributed by atoms with Gasteiger partial charge in [-0.3, -0.25) is 4.72 Å². The molecule has 1 unspecified atom stereocenters. The minimum Gasteiger partial charge on any atom is -0.478 e. The lowest BCUT2D eigenvalue weighted by molar-refractivity contribution is 0.0696. The average Bonchev–Trinajstić information content (AvgIpc) is 2.82. The van der Waals surface area contributed by atoms with Crippen molar-refractivity contribution in [3.05, 3.63) is 65.2 Å². The Hall–Kier alpha value is -3.10. The Bertz CT molecular complexity index is 1110. The highest BCUT2D eigenvalue weighted by Gasteiger charge is 2.17. The maximum atomic E-state index is 11.3. The molecule has 0 radical (unpaired) electrons. The number of hydrogen-bond donors (Lipinski definition) is 3. The first-order valence-electron chi connectivity index (χ1n) is 11.4. The number of carboxylic acid groups (broad SMARTS) is 1. The maximum absolute atomic E-state index is 11.3. The summed E-state index contributed by atoms with van der Waals surface area (Å²) in [5, 5.41) is 9.24. The number of hydrogen-bond acceptors (Lipinski definition) is 7. The summed E-state index contributed by atoms with van der Waals surface area (Å²) in [6.07, 6.45) is 1.99. The van der Waals surface area contributed by atoms with E-state index in [0.29, 0.717) is 24.4 Å². The predicted octanol–water partition coefficient (Wildman–Crippen LogP) is 5.72. The lowest BCUT2D eigenvalue weighted by Gasteiger charge is -2.21. The third-order valence-corrected chi connectivity index (χ3v) is 6.63. The molecule has 0 aliphatic carbocycles. The molecule has 0 amide bonds. The highest BCUT2D eigenvalue weighted by Crippen LogP contribution is 2.30. The highest BCUT2D eigenvalue weighted by molar-refractivity contribution is 8.00. The number of aromatic carboxylic acids is 1. The lowest BCUT2D eigenvalue weighted by atomic mass is 9.95. The highest BCUT2D eigenvalue weighted by atomic mass is 32.2. The fourth-order valence-electron chi connectivity index (χ4n) is 3.90. The molecule has 0 saturated heterocycles. The Balaban J connectivity index is 1.89. The third-order valence-electron chi connectivity index (χ3n) is 5.86. The third kappa shape index (κ3) is 6.48. The molecule has 0 bridgehead atoms. The van der Waals surface area contributed by atoms with Crippen LogP contribution in [0.5, 0.6) is 5.88 Å². The van der Waals surface area contributed by atoms with Crippen LogP contribution in [0.25, 0.3) is 11.3 Å². The summed E-state index contributed by atoms with van der Waals surface area (Å²) in [5.74, 6) is 0.225. The van der Waals surface area contributed by atoms with Gasteiger partial charge in [-0.1, -0.05) is 51.0 Å². The maximum Gasteiger partial charge on any atom is 0.335 e. The van der Waals surface area contributed by atoms with E-state index in [2.05, 4.69) is 23.6 Å². The molecular weight excluding hydrogens is 448 g/mol. The number of anilines is 1. The van der Waals surface area contributed by atoms with Gasteiger partial charge in [0.05, 0.1) is 11.3 Å². The van der Waals surface area contributed by atoms with Crippen molar-refractivity contribution in [1.82, 2.24) is 9.97 Å². The molecule has 2 aromatic carbocycles. The summed E-state index contributed by atoms with van der Waals surface area (Å²) in [5.41, 5.74) is 10.6. The van der Waals surface area contributed by atoms with Crippen molar-refractivity contribution in [2.75, 3.05) is 11.3 Å². The molecular formula is C26H32N4O3S. The normalized spacial score (nSPS) is 11.9. The lowest BCUT2D eigenvalue weighted by Crippen LogP contribution is -2.35. The van der Waals surface area contributed by atoms with Gasteiger partial charge in [0, 0.05) is 22.6 Å². The average molecular weight is 481 g/mol. The molecule has 34 heavy (non-hydrogen) atoms. The molecule has 8 heteroatoms. The number of aryl methyl sites for hydroxylation is 2. The van der Waals surface area contributed by atoms with Crippen LogP contribution in [0.2, 0.25) is 0 Å². The van der Waals surface area contributed by atoms with E-state index in [1.807, 2.05) is 44.2 Å². The van der Waals surface area contributed by atoms with Crippen LogP contribution in [0.4, 0.5) is 5.95 Å². The first-order chi connectivity index (χ1) is 16.3. The van der Waals surface area contributed by atoms with Gasteiger partial charge in [-0.05, 0) is 61.0 Å². The van der Waals surface area contributed by atoms with Crippen LogP contribution in [-0.2, 0) is 0 Å². The molecule has 0 spiro atoms. The summed E-state index contributed by atoms with van der Waals surface area (Å²) in [6.45, 7) is 8.73. The van der Waals surface area contributed by atoms with E-state index >= 15 is 0 Å². The van der Waals surface area contributed by atoms with Gasteiger partial charge in [0.1, 0.15) is 6.61 Å². The van der Waals surface area contributed by atoms with E-state index in [0.717, 1.165) is 40.1 Å². The second-order valence-corrected chi connectivity index (χ2v) is 9.15. The quantitative estimate of drug-likeness (QED) is 0.299. The Labute approximate surface area is 205 Å². The molecule has 3 aromatic rings. The van der Waals surface area contributed by atoms with Gasteiger partial charge in [0.2, 0.25) is 11.8 Å². The van der Waals surface area contributed by atoms with Crippen molar-refractivity contribution < 1.29 is 14.6 Å². The van der Waals surface area contributed by atoms with Crippen LogP contribution in [0, 0.1) is 19.8 Å². The second kappa shape index (κ2) is 11.9. The molecule has 0 aliphatic rings. The smallest absolute Gasteiger partial charge is 0.335 e. The summed E-state index contributed by atoms with van der Waals surface area (Å²) in [6, 6.07) is 14.6. The van der Waals surface area contributed by atoms with Crippen molar-refractivity contribution in [2.24, 2.45) is 11.7 Å². The van der Waals surface area contributed by atoms with Gasteiger partial charge in [-0.15, -0.1) is 0 Å². The fraction of sp³-hybridized carbons (Fsp3) is 0.346. The molecule has 0 fully saturated rings. The number of carbonyl (C=O) groups is 1. The number of nitrogens with one attached hydrogen (secondary N) is 1. The number of rotatable bonds is 11. The summed E-state index contributed by atoms with van der Waals surface area (Å²) in [4.78, 5) is 21.3. The van der Waals surface area contributed by atoms with E-state index in [1.165, 1.54) is 11.9 Å². The van der Waals surface area contributed by atoms with Crippen LogP contribution in [0.1, 0.15) is 48.2 Å². The number of benzene rings is 2. The van der Waals surface area contributed by atoms with Crippen LogP contribution >= 0.6 is 11.9 Å². The monoisotopic (exact) mass is 480 g/mol. The molecule has 0 saturated carbocycles. The van der Waals surface area contributed by atoms with E-state index in [-0.39, 0.29) is 11.6 Å². The molecule has 3 rings (SSSR count). The van der Waals surface area contributed by atoms with Gasteiger partial charge < -0.3 is 15.6 Å². The SMILES string of the molecule is CCC(CC)C(N)COc1cc(-c2c(C)cccc2C)nc(NSc2cccc(C(=O)O)c2)n1. The van der Waals surface area contributed by atoms with Crippen LogP contribution in [0.3, 0.4) is 0 Å². The summed E-state index contributed by atoms with van der Waals surface area (Å²) >= 11 is 1.24. The van der Waals surface area contributed by atoms with Crippen molar-refractivity contribution in [3.63, 3.8) is 0 Å². The topological polar surface area (TPSA) is 110 Å². The Morgan fingerprint density at radius 2 is 1.76 bits per heavy atom. The van der Waals surface area contributed by atoms with Crippen molar-refractivity contribution >= 4 is 23.9 Å². The number of carboxylic acids is 1. The van der Waals surface area contributed by atoms with Crippen LogP contribution < -0.4 is 15.2 Å². The van der Waals surface area contributed by atoms with Crippen LogP contribution in [0.15, 0.2) is 53.4 Å². The van der Waals surface area contributed by atoms with Gasteiger partial charge in [0.15, 0.2) is 0 Å². The summed E-state index contributed by atoms with van der Waals surface area (Å²) in [7, 11) is 0. The van der Waals surface area contributed by atoms with Crippen molar-refractivity contribution in [1.29, 1.82) is 0 Å². The molecule has 180 valence electrons. The Morgan fingerprint density at radius 3 is 2.41 bits per heavy atom. The van der Waals surface area contributed by atoms with E-state index in [4.69, 9.17) is 15.5 Å². The number of nitrogens with zero attached hydrogens (tertiary/aromatic N) is 2. The first-order valence-corrected chi connectivity index (χ1v) is 12.2. The number of aromatic nitrogens is 2. The van der Waals surface area contributed by atoms with Crippen molar-refractivity contribution in [2.45, 2.75) is 51.5 Å². The zero-order valence-corrected chi connectivity index (χ0v) is 20.9. The van der Waals surface area contributed by atoms with E-state index < -0.39 is 5.97 Å². The molecule has 4 N–H and O–H groups in total. The number of nitrogens with two attached hydrogens (primary N) is 1. The minimum absolute atomic E-state index is 0.0850. The Morgan fingerprint density at radius 1 is 1.09 bits per heavy atom. The Kier molecular flexibility index (Phi) is 8.90. The minimum atomic E-state index is -0.972. The van der Waals surface area contributed by atoms with Gasteiger partial charge in [-0.2, -0.15) is 4.98 Å². The van der Waals surface area contributed by atoms with E-state index in [1.54, 1.807) is 18.2 Å². The van der Waals surface area contributed by atoms with Crippen molar-refractivity contribution in [3.8, 4) is 17.1 Å². The molecule has 1 aromatic heterocycles. The molecule has 7 nitrogen and oxygen atoms in total.